The van der Waals surface area contributed by atoms with Gasteiger partial charge < -0.3 is 15.0 Å². The Morgan fingerprint density at radius 1 is 0.947 bits per heavy atom. The number of imide groups is 1. The number of nitrogens with zero attached hydrogens (tertiary/aromatic N) is 7. The maximum absolute atomic E-state index is 13.5. The highest BCUT2D eigenvalue weighted by molar-refractivity contribution is 6.05. The molecule has 57 heavy (non-hydrogen) atoms. The molecule has 2 saturated heterocycles. The number of piperidine rings is 2. The molecule has 0 spiro atoms. The first-order chi connectivity index (χ1) is 27.3. The van der Waals surface area contributed by atoms with Crippen molar-refractivity contribution in [3.63, 3.8) is 0 Å². The minimum Gasteiger partial charge on any atom is -0.494 e. The van der Waals surface area contributed by atoms with E-state index in [4.69, 9.17) is 9.84 Å². The van der Waals surface area contributed by atoms with Crippen LogP contribution in [0.15, 0.2) is 59.5 Å². The van der Waals surface area contributed by atoms with Crippen LogP contribution in [-0.2, 0) is 22.8 Å². The number of anilines is 1. The number of imidazole rings is 1. The summed E-state index contributed by atoms with van der Waals surface area (Å²) < 4.78 is 50.3. The van der Waals surface area contributed by atoms with Gasteiger partial charge in [-0.25, -0.2) is 9.78 Å². The summed E-state index contributed by atoms with van der Waals surface area (Å²) in [5, 5.41) is 8.25. The third kappa shape index (κ3) is 7.30. The van der Waals surface area contributed by atoms with Crippen LogP contribution < -0.4 is 15.7 Å². The zero-order valence-electron chi connectivity index (χ0n) is 32.1. The van der Waals surface area contributed by atoms with Gasteiger partial charge in [-0.05, 0) is 99.7 Å². The van der Waals surface area contributed by atoms with Gasteiger partial charge in [-0.3, -0.25) is 33.1 Å². The molecule has 0 radical (unpaired) electrons. The summed E-state index contributed by atoms with van der Waals surface area (Å²) in [5.74, 6) is -0.168. The first kappa shape index (κ1) is 38.4. The van der Waals surface area contributed by atoms with Crippen LogP contribution in [0.25, 0.3) is 21.9 Å². The smallest absolute Gasteiger partial charge is 0.433 e. The van der Waals surface area contributed by atoms with Crippen LogP contribution in [0.3, 0.4) is 0 Å². The van der Waals surface area contributed by atoms with E-state index in [9.17, 15) is 32.3 Å². The number of aryl methyl sites for hydroxylation is 1. The van der Waals surface area contributed by atoms with Gasteiger partial charge in [-0.15, -0.1) is 0 Å². The van der Waals surface area contributed by atoms with Gasteiger partial charge >= 0.3 is 11.9 Å². The second-order valence-corrected chi connectivity index (χ2v) is 15.6. The molecule has 1 atom stereocenters. The van der Waals surface area contributed by atoms with E-state index in [1.165, 1.54) is 20.2 Å². The molecule has 5 aromatic rings. The molecular weight excluding hydrogens is 741 g/mol. The van der Waals surface area contributed by atoms with Crippen molar-refractivity contribution >= 4 is 45.3 Å². The lowest BCUT2D eigenvalue weighted by atomic mass is 9.84. The first-order valence-corrected chi connectivity index (χ1v) is 19.5. The third-order valence-electron chi connectivity index (χ3n) is 12.2. The normalized spacial score (nSPS) is 21.4. The summed E-state index contributed by atoms with van der Waals surface area (Å²) in [6.07, 6.45) is 3.82. The minimum atomic E-state index is -4.67. The number of hydrogen-bond donors (Lipinski definition) is 1. The third-order valence-corrected chi connectivity index (χ3v) is 12.2. The maximum Gasteiger partial charge on any atom is 0.433 e. The number of carbonyl (C=O) groups excluding carboxylic acids is 3. The minimum absolute atomic E-state index is 0.210. The van der Waals surface area contributed by atoms with E-state index in [1.54, 1.807) is 28.3 Å². The molecule has 16 heteroatoms. The number of hydrogen-bond acceptors (Lipinski definition) is 8. The van der Waals surface area contributed by atoms with Gasteiger partial charge in [0.05, 0.1) is 35.4 Å². The fourth-order valence-corrected chi connectivity index (χ4v) is 9.05. The van der Waals surface area contributed by atoms with E-state index in [0.717, 1.165) is 97.2 Å². The lowest BCUT2D eigenvalue weighted by molar-refractivity contribution is -0.149. The lowest BCUT2D eigenvalue weighted by Gasteiger charge is -2.37. The molecule has 1 unspecified atom stereocenters. The Balaban J connectivity index is 0.879. The number of benzene rings is 2. The highest BCUT2D eigenvalue weighted by atomic mass is 19.4. The van der Waals surface area contributed by atoms with Gasteiger partial charge in [0.1, 0.15) is 23.2 Å². The number of fused-ring (bicyclic) bond motifs is 2. The van der Waals surface area contributed by atoms with E-state index in [-0.39, 0.29) is 41.6 Å². The molecule has 5 heterocycles. The molecule has 1 N–H and O–H groups in total. The number of alkyl halides is 3. The average Bonchev–Trinajstić information content (AvgIpc) is 3.74. The first-order valence-electron chi connectivity index (χ1n) is 19.5. The molecule has 3 amide bonds. The van der Waals surface area contributed by atoms with Crippen LogP contribution >= 0.6 is 0 Å². The van der Waals surface area contributed by atoms with Gasteiger partial charge in [-0.2, -0.15) is 18.3 Å². The van der Waals surface area contributed by atoms with Crippen LogP contribution in [0.1, 0.15) is 91.1 Å². The molecule has 8 rings (SSSR count). The zero-order chi connectivity index (χ0) is 40.2. The van der Waals surface area contributed by atoms with Gasteiger partial charge in [0.25, 0.3) is 11.8 Å². The van der Waals surface area contributed by atoms with Crippen LogP contribution in [0, 0.1) is 5.92 Å². The van der Waals surface area contributed by atoms with Crippen molar-refractivity contribution in [1.82, 2.24) is 33.7 Å². The highest BCUT2D eigenvalue weighted by Gasteiger charge is 2.37. The average molecular weight is 787 g/mol. The molecule has 0 bridgehead atoms. The number of methoxy groups -OCH3 is 1. The highest BCUT2D eigenvalue weighted by Crippen LogP contribution is 2.38. The van der Waals surface area contributed by atoms with Gasteiger partial charge in [0, 0.05) is 44.7 Å². The van der Waals surface area contributed by atoms with Crippen molar-refractivity contribution in [2.75, 3.05) is 39.1 Å². The Labute approximate surface area is 326 Å². The summed E-state index contributed by atoms with van der Waals surface area (Å²) in [7, 11) is 4.70. The molecule has 1 saturated carbocycles. The summed E-state index contributed by atoms with van der Waals surface area (Å²) in [6.45, 7) is 2.94. The van der Waals surface area contributed by atoms with Crippen LogP contribution in [0.4, 0.5) is 18.9 Å². The molecular formula is C41H45F3N8O5. The molecule has 300 valence electrons. The number of ether oxygens (including phenoxy) is 1. The Hall–Kier alpha value is -5.51. The lowest BCUT2D eigenvalue weighted by Crippen LogP contribution is -2.45. The zero-order valence-corrected chi connectivity index (χ0v) is 32.1. The van der Waals surface area contributed by atoms with Crippen molar-refractivity contribution in [3.8, 4) is 5.75 Å². The summed E-state index contributed by atoms with van der Waals surface area (Å²) in [6, 6.07) is 12.1. The van der Waals surface area contributed by atoms with Crippen molar-refractivity contribution in [2.24, 2.45) is 13.0 Å². The van der Waals surface area contributed by atoms with Crippen molar-refractivity contribution in [3.05, 3.63) is 82.2 Å². The van der Waals surface area contributed by atoms with E-state index in [0.29, 0.717) is 29.3 Å². The number of halogens is 3. The number of para-hydroxylation sites is 1. The molecule has 3 fully saturated rings. The molecule has 1 aliphatic carbocycles. The predicted octanol–water partition coefficient (Wildman–Crippen LogP) is 6.30. The maximum atomic E-state index is 13.5. The predicted molar refractivity (Wildman–Crippen MR) is 206 cm³/mol. The second kappa shape index (κ2) is 15.1. The van der Waals surface area contributed by atoms with Gasteiger partial charge in [0.15, 0.2) is 0 Å². The second-order valence-electron chi connectivity index (χ2n) is 15.6. The van der Waals surface area contributed by atoms with E-state index < -0.39 is 23.8 Å². The number of pyridine rings is 1. The summed E-state index contributed by atoms with van der Waals surface area (Å²) in [4.78, 5) is 58.8. The van der Waals surface area contributed by atoms with Gasteiger partial charge in [0.2, 0.25) is 5.91 Å². The fourth-order valence-electron chi connectivity index (χ4n) is 9.05. The number of amides is 3. The molecule has 3 aromatic heterocycles. The number of rotatable bonds is 8. The SMILES string of the molecule is COc1cc2nn([C@H]3CC[C@H](CN4CCC(c5cccc6c5n(C)c(=O)n6C5CCC(=O)N(C)C5=O)CC4)CC3)cc2cc1NC(=O)c1cccc(C(F)(F)F)n1. The monoisotopic (exact) mass is 786 g/mol. The number of likely N-dealkylation sites (N-methyl/N-ethyl adjacent to an activating group) is 1. The van der Waals surface area contributed by atoms with E-state index in [1.807, 2.05) is 23.0 Å². The number of likely N-dealkylation sites (tertiary alicyclic amines) is 2. The quantitative estimate of drug-likeness (QED) is 0.181. The van der Waals surface area contributed by atoms with E-state index >= 15 is 0 Å². The largest absolute Gasteiger partial charge is 0.494 e. The molecule has 3 aliphatic rings. The Kier molecular flexibility index (Phi) is 10.2. The Morgan fingerprint density at radius 2 is 1.68 bits per heavy atom. The van der Waals surface area contributed by atoms with Crippen molar-refractivity contribution in [2.45, 2.75) is 75.5 Å². The summed E-state index contributed by atoms with van der Waals surface area (Å²) in [5.41, 5.74) is 1.99. The van der Waals surface area contributed by atoms with Crippen LogP contribution in [-0.4, -0.2) is 85.2 Å². The van der Waals surface area contributed by atoms with Crippen molar-refractivity contribution in [1.29, 1.82) is 0 Å². The van der Waals surface area contributed by atoms with Gasteiger partial charge in [-0.1, -0.05) is 18.2 Å². The topological polar surface area (TPSA) is 137 Å². The number of nitrogens with one attached hydrogen (secondary N) is 1. The standard InChI is InChI=1S/C41H45F3N8O5/c1-48-36(53)15-14-33(39(48)55)52-32-8-4-6-28(37(32)49(2)40(52)56)25-16-18-50(19-17-25)22-24-10-12-27(13-11-24)51-23-26-20-31(34(57-3)21-30(26)47-51)46-38(54)29-7-5-9-35(45-29)41(42,43)44/h4-9,20-21,23-25,27,33H,10-19,22H2,1-3H3,(H,46,54)/t24-,27-,33?. The van der Waals surface area contributed by atoms with Crippen molar-refractivity contribution < 1.29 is 32.3 Å². The fraction of sp³-hybridized carbons (Fsp3) is 0.463. The summed E-state index contributed by atoms with van der Waals surface area (Å²) >= 11 is 0. The molecule has 2 aromatic carbocycles. The Bertz CT molecular complexity index is 2420. The van der Waals surface area contributed by atoms with Crippen LogP contribution in [0.2, 0.25) is 0 Å². The van der Waals surface area contributed by atoms with E-state index in [2.05, 4.69) is 21.3 Å². The van der Waals surface area contributed by atoms with Crippen LogP contribution in [0.5, 0.6) is 5.75 Å². The Morgan fingerprint density at radius 3 is 2.40 bits per heavy atom. The number of carbonyl (C=O) groups is 3. The molecule has 2 aliphatic heterocycles. The molecule has 13 nitrogen and oxygen atoms in total. The number of aromatic nitrogens is 5.